The molecule has 0 saturated heterocycles. The van der Waals surface area contributed by atoms with Crippen LogP contribution in [0.3, 0.4) is 0 Å². The number of carbonyl (C=O) groups excluding carboxylic acids is 1. The first-order chi connectivity index (χ1) is 8.43. The molecule has 1 aromatic carbocycles. The van der Waals surface area contributed by atoms with Crippen molar-refractivity contribution >= 4 is 40.9 Å². The second-order valence-electron chi connectivity index (χ2n) is 3.58. The van der Waals surface area contributed by atoms with Gasteiger partial charge in [-0.1, -0.05) is 0 Å². The van der Waals surface area contributed by atoms with Crippen molar-refractivity contribution in [3.63, 3.8) is 0 Å². The second kappa shape index (κ2) is 8.49. The monoisotopic (exact) mass is 406 g/mol. The lowest BCUT2D eigenvalue weighted by atomic mass is 10.3. The Labute approximate surface area is 129 Å². The smallest absolute Gasteiger partial charge is 0.277 e. The molecule has 0 saturated carbocycles. The van der Waals surface area contributed by atoms with E-state index in [1.165, 1.54) is 0 Å². The molecule has 0 heterocycles. The summed E-state index contributed by atoms with van der Waals surface area (Å²) in [6, 6.07) is 7.03. The zero-order chi connectivity index (χ0) is 13.6. The zero-order valence-electron chi connectivity index (χ0n) is 9.87. The fourth-order valence-corrected chi connectivity index (χ4v) is 1.39. The fraction of sp³-hybridized carbons (Fsp3) is 0.364. The number of hydrogen-bond acceptors (Lipinski definition) is 3. The van der Waals surface area contributed by atoms with Crippen LogP contribution in [-0.4, -0.2) is 31.5 Å². The molecule has 3 N–H and O–H groups in total. The van der Waals surface area contributed by atoms with E-state index in [-0.39, 0.29) is 19.0 Å². The largest absolute Gasteiger partial charge is 0.484 e. The fourth-order valence-electron chi connectivity index (χ4n) is 1.03. The van der Waals surface area contributed by atoms with E-state index in [2.05, 4.69) is 27.9 Å². The van der Waals surface area contributed by atoms with E-state index in [0.717, 1.165) is 3.57 Å². The molecule has 0 aliphatic heterocycles. The summed E-state index contributed by atoms with van der Waals surface area (Å²) in [4.78, 5) is 11.2. The van der Waals surface area contributed by atoms with Gasteiger partial charge in [0.1, 0.15) is 5.75 Å². The number of rotatable bonds is 6. The molecular weight excluding hydrogens is 392 g/mol. The number of alkyl halides is 2. The third-order valence-corrected chi connectivity index (χ3v) is 2.75. The molecule has 108 valence electrons. The Morgan fingerprint density at radius 1 is 1.37 bits per heavy atom. The first kappa shape index (κ1) is 18.3. The van der Waals surface area contributed by atoms with E-state index in [1.54, 1.807) is 12.1 Å². The molecule has 0 fully saturated rings. The molecule has 8 heteroatoms. The van der Waals surface area contributed by atoms with Crippen LogP contribution >= 0.6 is 35.0 Å². The van der Waals surface area contributed by atoms with Gasteiger partial charge in [-0.25, -0.2) is 8.78 Å². The van der Waals surface area contributed by atoms with Crippen LogP contribution < -0.4 is 15.8 Å². The van der Waals surface area contributed by atoms with Crippen molar-refractivity contribution in [2.75, 3.05) is 19.7 Å². The maximum Gasteiger partial charge on any atom is 0.277 e. The Balaban J connectivity index is 0.00000324. The van der Waals surface area contributed by atoms with Gasteiger partial charge in [0.25, 0.3) is 11.8 Å². The quantitative estimate of drug-likeness (QED) is 0.708. The second-order valence-corrected chi connectivity index (χ2v) is 4.83. The number of ether oxygens (including phenoxy) is 1. The predicted molar refractivity (Wildman–Crippen MR) is 78.9 cm³/mol. The Hall–Kier alpha value is -0.670. The lowest BCUT2D eigenvalue weighted by Gasteiger charge is -2.14. The average molecular weight is 407 g/mol. The molecule has 0 unspecified atom stereocenters. The van der Waals surface area contributed by atoms with Crippen LogP contribution in [0, 0.1) is 3.57 Å². The Morgan fingerprint density at radius 3 is 2.47 bits per heavy atom. The van der Waals surface area contributed by atoms with E-state index in [0.29, 0.717) is 5.75 Å². The molecule has 1 rings (SSSR count). The van der Waals surface area contributed by atoms with Crippen molar-refractivity contribution in [2.45, 2.75) is 5.92 Å². The molecule has 0 spiro atoms. The van der Waals surface area contributed by atoms with Gasteiger partial charge < -0.3 is 15.8 Å². The van der Waals surface area contributed by atoms with Gasteiger partial charge >= 0.3 is 0 Å². The minimum absolute atomic E-state index is 0. The normalized spacial score (nSPS) is 10.5. The molecule has 1 amide bonds. The number of halogens is 4. The molecule has 0 radical (unpaired) electrons. The number of nitrogens with two attached hydrogens (primary N) is 1. The number of amides is 1. The van der Waals surface area contributed by atoms with Crippen LogP contribution in [0.5, 0.6) is 5.75 Å². The molecule has 19 heavy (non-hydrogen) atoms. The zero-order valence-corrected chi connectivity index (χ0v) is 12.8. The van der Waals surface area contributed by atoms with Crippen LogP contribution in [0.1, 0.15) is 0 Å². The summed E-state index contributed by atoms with van der Waals surface area (Å²) in [5.74, 6) is -3.18. The van der Waals surface area contributed by atoms with Crippen molar-refractivity contribution in [3.05, 3.63) is 27.8 Å². The van der Waals surface area contributed by atoms with E-state index in [4.69, 9.17) is 10.5 Å². The van der Waals surface area contributed by atoms with Gasteiger partial charge in [0.2, 0.25) is 0 Å². The molecular formula is C11H14ClF2IN2O2. The van der Waals surface area contributed by atoms with Crippen molar-refractivity contribution < 1.29 is 18.3 Å². The molecule has 1 aromatic rings. The van der Waals surface area contributed by atoms with Gasteiger partial charge in [0, 0.05) is 3.57 Å². The molecule has 0 bridgehead atoms. The number of carbonyl (C=O) groups is 1. The highest BCUT2D eigenvalue weighted by Gasteiger charge is 2.27. The average Bonchev–Trinajstić information content (AvgIpc) is 2.36. The van der Waals surface area contributed by atoms with Crippen molar-refractivity contribution in [1.82, 2.24) is 5.32 Å². The number of hydrogen-bond donors (Lipinski definition) is 2. The predicted octanol–water partition coefficient (Wildman–Crippen LogP) is 1.80. The molecule has 0 aliphatic carbocycles. The Kier molecular flexibility index (Phi) is 8.19. The van der Waals surface area contributed by atoms with Crippen LogP contribution in [0.2, 0.25) is 0 Å². The van der Waals surface area contributed by atoms with E-state index in [1.807, 2.05) is 12.1 Å². The summed E-state index contributed by atoms with van der Waals surface area (Å²) in [6.07, 6.45) is 0. The minimum Gasteiger partial charge on any atom is -0.484 e. The van der Waals surface area contributed by atoms with Crippen LogP contribution in [0.15, 0.2) is 24.3 Å². The first-order valence-corrected chi connectivity index (χ1v) is 6.24. The van der Waals surface area contributed by atoms with Gasteiger partial charge in [0.05, 0.1) is 13.1 Å². The Morgan fingerprint density at radius 2 is 1.95 bits per heavy atom. The summed E-state index contributed by atoms with van der Waals surface area (Å²) in [5.41, 5.74) is 4.84. The van der Waals surface area contributed by atoms with Gasteiger partial charge in [0.15, 0.2) is 6.61 Å². The van der Waals surface area contributed by atoms with E-state index in [9.17, 15) is 13.6 Å². The van der Waals surface area contributed by atoms with E-state index >= 15 is 0 Å². The molecule has 0 aliphatic rings. The first-order valence-electron chi connectivity index (χ1n) is 5.16. The van der Waals surface area contributed by atoms with Gasteiger partial charge in [-0.2, -0.15) is 0 Å². The minimum atomic E-state index is -3.08. The van der Waals surface area contributed by atoms with E-state index < -0.39 is 24.9 Å². The maximum atomic E-state index is 12.7. The van der Waals surface area contributed by atoms with Crippen LogP contribution in [-0.2, 0) is 4.79 Å². The SMILES string of the molecule is Cl.NCC(F)(F)CNC(=O)COc1ccc(I)cc1. The highest BCUT2D eigenvalue weighted by Crippen LogP contribution is 2.13. The lowest BCUT2D eigenvalue weighted by molar-refractivity contribution is -0.124. The standard InChI is InChI=1S/C11H13F2IN2O2.ClH/c12-11(13,6-15)7-16-10(17)5-18-9-3-1-8(14)2-4-9;/h1-4H,5-7,15H2,(H,16,17);1H. The third-order valence-electron chi connectivity index (χ3n) is 2.03. The summed E-state index contributed by atoms with van der Waals surface area (Å²) in [6.45, 7) is -1.88. The van der Waals surface area contributed by atoms with Crippen molar-refractivity contribution in [2.24, 2.45) is 5.73 Å². The topological polar surface area (TPSA) is 64.3 Å². The summed E-state index contributed by atoms with van der Waals surface area (Å²) in [7, 11) is 0. The van der Waals surface area contributed by atoms with Gasteiger partial charge in [-0.3, -0.25) is 4.79 Å². The van der Waals surface area contributed by atoms with Gasteiger partial charge in [-0.15, -0.1) is 12.4 Å². The van der Waals surface area contributed by atoms with Gasteiger partial charge in [-0.05, 0) is 46.9 Å². The lowest BCUT2D eigenvalue weighted by Crippen LogP contribution is -2.43. The van der Waals surface area contributed by atoms with Crippen molar-refractivity contribution in [1.29, 1.82) is 0 Å². The number of nitrogens with one attached hydrogen (secondary N) is 1. The van der Waals surface area contributed by atoms with Crippen LogP contribution in [0.4, 0.5) is 8.78 Å². The molecule has 0 aromatic heterocycles. The maximum absolute atomic E-state index is 12.7. The highest BCUT2D eigenvalue weighted by atomic mass is 127. The summed E-state index contributed by atoms with van der Waals surface area (Å²) < 4.78 is 31.6. The summed E-state index contributed by atoms with van der Waals surface area (Å²) >= 11 is 2.13. The highest BCUT2D eigenvalue weighted by molar-refractivity contribution is 14.1. The molecule has 4 nitrogen and oxygen atoms in total. The third kappa shape index (κ3) is 7.48. The van der Waals surface area contributed by atoms with Crippen LogP contribution in [0.25, 0.3) is 0 Å². The van der Waals surface area contributed by atoms with Crippen molar-refractivity contribution in [3.8, 4) is 5.75 Å². The summed E-state index contributed by atoms with van der Waals surface area (Å²) in [5, 5.41) is 2.06. The molecule has 0 atom stereocenters. The Bertz CT molecular complexity index is 404. The number of benzene rings is 1.